The minimum absolute atomic E-state index is 0.0407. The summed E-state index contributed by atoms with van der Waals surface area (Å²) < 4.78 is 0. The van der Waals surface area contributed by atoms with Crippen molar-refractivity contribution >= 4 is 11.9 Å². The summed E-state index contributed by atoms with van der Waals surface area (Å²) in [7, 11) is 1.78. The molecule has 3 amide bonds. The molecule has 0 aromatic carbocycles. The van der Waals surface area contributed by atoms with E-state index in [1.807, 2.05) is 13.8 Å². The van der Waals surface area contributed by atoms with Crippen LogP contribution < -0.4 is 10.6 Å². The molecule has 14 heavy (non-hydrogen) atoms. The van der Waals surface area contributed by atoms with Gasteiger partial charge in [-0.1, -0.05) is 0 Å². The molecule has 0 aromatic heterocycles. The summed E-state index contributed by atoms with van der Waals surface area (Å²) in [6, 6.07) is -0.290. The molecule has 0 saturated heterocycles. The number of nitrogens with zero attached hydrogens (tertiary/aromatic N) is 1. The van der Waals surface area contributed by atoms with Crippen molar-refractivity contribution in [1.82, 2.24) is 15.5 Å². The Labute approximate surface area is 84.8 Å². The van der Waals surface area contributed by atoms with Gasteiger partial charge in [-0.25, -0.2) is 4.79 Å². The number of urea groups is 1. The zero-order valence-corrected chi connectivity index (χ0v) is 9.26. The van der Waals surface area contributed by atoms with Crippen molar-refractivity contribution in [3.8, 4) is 0 Å². The van der Waals surface area contributed by atoms with Crippen LogP contribution in [0.3, 0.4) is 0 Å². The van der Waals surface area contributed by atoms with Crippen molar-refractivity contribution in [3.05, 3.63) is 0 Å². The third kappa shape index (κ3) is 4.81. The number of hydrogen-bond donors (Lipinski definition) is 2. The molecule has 0 fully saturated rings. The minimum atomic E-state index is -0.331. The van der Waals surface area contributed by atoms with E-state index in [1.165, 1.54) is 11.8 Å². The van der Waals surface area contributed by atoms with Gasteiger partial charge in [-0.2, -0.15) is 0 Å². The Morgan fingerprint density at radius 3 is 2.29 bits per heavy atom. The predicted octanol–water partition coefficient (Wildman–Crippen LogP) is 0.172. The van der Waals surface area contributed by atoms with Crippen LogP contribution in [-0.4, -0.2) is 43.0 Å². The van der Waals surface area contributed by atoms with Crippen LogP contribution in [0.25, 0.3) is 0 Å². The van der Waals surface area contributed by atoms with E-state index in [4.69, 9.17) is 0 Å². The highest BCUT2D eigenvalue weighted by atomic mass is 16.2. The molecule has 0 aliphatic rings. The molecule has 0 atom stereocenters. The quantitative estimate of drug-likeness (QED) is 0.681. The summed E-state index contributed by atoms with van der Waals surface area (Å²) in [4.78, 5) is 23.8. The van der Waals surface area contributed by atoms with Gasteiger partial charge in [0, 0.05) is 26.1 Å². The fraction of sp³-hybridized carbons (Fsp3) is 0.778. The maximum absolute atomic E-state index is 11.5. The molecule has 0 aliphatic heterocycles. The largest absolute Gasteiger partial charge is 0.335 e. The Bertz CT molecular complexity index is 204. The van der Waals surface area contributed by atoms with Crippen molar-refractivity contribution in [2.24, 2.45) is 0 Å². The molecule has 0 saturated carbocycles. The van der Waals surface area contributed by atoms with Crippen LogP contribution in [0, 0.1) is 0 Å². The van der Waals surface area contributed by atoms with Crippen molar-refractivity contribution < 1.29 is 9.59 Å². The maximum atomic E-state index is 11.5. The average molecular weight is 201 g/mol. The summed E-state index contributed by atoms with van der Waals surface area (Å²) >= 11 is 0. The first kappa shape index (κ1) is 12.9. The van der Waals surface area contributed by atoms with Crippen LogP contribution in [0.5, 0.6) is 0 Å². The molecule has 82 valence electrons. The van der Waals surface area contributed by atoms with Gasteiger partial charge in [0.25, 0.3) is 0 Å². The van der Waals surface area contributed by atoms with Crippen LogP contribution in [0.2, 0.25) is 0 Å². The molecule has 0 spiro atoms. The van der Waals surface area contributed by atoms with Crippen LogP contribution in [0.15, 0.2) is 0 Å². The Hall–Kier alpha value is -1.10. The molecular formula is C9H19N3O2. The van der Waals surface area contributed by atoms with Gasteiger partial charge in [0.2, 0.25) is 5.91 Å². The average Bonchev–Trinajstić information content (AvgIpc) is 2.02. The molecule has 0 heterocycles. The summed E-state index contributed by atoms with van der Waals surface area (Å²) in [5, 5.41) is 5.56. The lowest BCUT2D eigenvalue weighted by molar-refractivity contribution is -0.125. The fourth-order valence-corrected chi connectivity index (χ4v) is 0.950. The smallest absolute Gasteiger partial charge is 0.324 e. The van der Waals surface area contributed by atoms with Gasteiger partial charge in [0.15, 0.2) is 0 Å². The molecule has 0 unspecified atom stereocenters. The summed E-state index contributed by atoms with van der Waals surface area (Å²) in [5.41, 5.74) is 0. The first-order chi connectivity index (χ1) is 6.49. The van der Waals surface area contributed by atoms with E-state index in [2.05, 4.69) is 10.6 Å². The summed E-state index contributed by atoms with van der Waals surface area (Å²) in [6.07, 6.45) is 0. The van der Waals surface area contributed by atoms with E-state index in [0.29, 0.717) is 13.1 Å². The highest BCUT2D eigenvalue weighted by Gasteiger charge is 2.17. The summed E-state index contributed by atoms with van der Waals surface area (Å²) in [6.45, 7) is 6.09. The molecule has 5 nitrogen and oxygen atoms in total. The van der Waals surface area contributed by atoms with Gasteiger partial charge >= 0.3 is 6.03 Å². The zero-order valence-electron chi connectivity index (χ0n) is 9.26. The van der Waals surface area contributed by atoms with Crippen molar-refractivity contribution in [1.29, 1.82) is 0 Å². The Balaban J connectivity index is 4.19. The second kappa shape index (κ2) is 6.37. The number of carbonyl (C=O) groups excluding carboxylic acids is 2. The SMILES string of the molecule is CNCCN(C(C)=O)C(=O)NC(C)C. The van der Waals surface area contributed by atoms with Gasteiger partial charge in [-0.3, -0.25) is 9.69 Å². The second-order valence-electron chi connectivity index (χ2n) is 3.38. The number of hydrogen-bond acceptors (Lipinski definition) is 3. The number of rotatable bonds is 4. The molecule has 0 radical (unpaired) electrons. The topological polar surface area (TPSA) is 61.4 Å². The van der Waals surface area contributed by atoms with Crippen molar-refractivity contribution in [2.45, 2.75) is 26.8 Å². The highest BCUT2D eigenvalue weighted by Crippen LogP contribution is 1.91. The monoisotopic (exact) mass is 201 g/mol. The molecule has 2 N–H and O–H groups in total. The number of imide groups is 1. The third-order valence-electron chi connectivity index (χ3n) is 1.62. The molecular weight excluding hydrogens is 182 g/mol. The fourth-order valence-electron chi connectivity index (χ4n) is 0.950. The first-order valence-corrected chi connectivity index (χ1v) is 4.72. The molecule has 0 bridgehead atoms. The lowest BCUT2D eigenvalue weighted by atomic mass is 10.4. The van der Waals surface area contributed by atoms with Gasteiger partial charge in [0.05, 0.1) is 0 Å². The van der Waals surface area contributed by atoms with Crippen LogP contribution in [-0.2, 0) is 4.79 Å². The standard InChI is InChI=1S/C9H19N3O2/c1-7(2)11-9(14)12(8(3)13)6-5-10-4/h7,10H,5-6H2,1-4H3,(H,11,14). The molecule has 0 rings (SSSR count). The van der Waals surface area contributed by atoms with E-state index in [0.717, 1.165) is 0 Å². The number of carbonyl (C=O) groups is 2. The van der Waals surface area contributed by atoms with Crippen LogP contribution >= 0.6 is 0 Å². The minimum Gasteiger partial charge on any atom is -0.335 e. The summed E-state index contributed by atoms with van der Waals surface area (Å²) in [5.74, 6) is -0.238. The molecule has 0 aliphatic carbocycles. The Morgan fingerprint density at radius 1 is 1.36 bits per heavy atom. The Morgan fingerprint density at radius 2 is 1.93 bits per heavy atom. The van der Waals surface area contributed by atoms with E-state index in [-0.39, 0.29) is 18.0 Å². The van der Waals surface area contributed by atoms with Gasteiger partial charge in [0.1, 0.15) is 0 Å². The molecule has 5 heteroatoms. The predicted molar refractivity (Wildman–Crippen MR) is 55.0 cm³/mol. The van der Waals surface area contributed by atoms with Gasteiger partial charge in [-0.15, -0.1) is 0 Å². The van der Waals surface area contributed by atoms with E-state index < -0.39 is 0 Å². The third-order valence-corrected chi connectivity index (χ3v) is 1.62. The van der Waals surface area contributed by atoms with Crippen LogP contribution in [0.1, 0.15) is 20.8 Å². The number of nitrogens with one attached hydrogen (secondary N) is 2. The zero-order chi connectivity index (χ0) is 11.1. The van der Waals surface area contributed by atoms with E-state index in [1.54, 1.807) is 7.05 Å². The lowest BCUT2D eigenvalue weighted by Crippen LogP contribution is -2.47. The van der Waals surface area contributed by atoms with Gasteiger partial charge < -0.3 is 10.6 Å². The van der Waals surface area contributed by atoms with E-state index >= 15 is 0 Å². The molecule has 0 aromatic rings. The lowest BCUT2D eigenvalue weighted by Gasteiger charge is -2.20. The Kier molecular flexibility index (Phi) is 5.87. The van der Waals surface area contributed by atoms with E-state index in [9.17, 15) is 9.59 Å². The van der Waals surface area contributed by atoms with Gasteiger partial charge in [-0.05, 0) is 20.9 Å². The normalized spacial score (nSPS) is 10.1. The number of likely N-dealkylation sites (N-methyl/N-ethyl adjacent to an activating group) is 1. The highest BCUT2D eigenvalue weighted by molar-refractivity contribution is 5.93. The maximum Gasteiger partial charge on any atom is 0.324 e. The van der Waals surface area contributed by atoms with Crippen LogP contribution in [0.4, 0.5) is 4.79 Å². The first-order valence-electron chi connectivity index (χ1n) is 4.72. The van der Waals surface area contributed by atoms with Crippen molar-refractivity contribution in [3.63, 3.8) is 0 Å². The number of amides is 3. The van der Waals surface area contributed by atoms with Crippen molar-refractivity contribution in [2.75, 3.05) is 20.1 Å². The second-order valence-corrected chi connectivity index (χ2v) is 3.38.